The Morgan fingerprint density at radius 3 is 2.57 bits per heavy atom. The van der Waals surface area contributed by atoms with Crippen molar-refractivity contribution in [2.75, 3.05) is 20.6 Å². The second kappa shape index (κ2) is 7.52. The number of fused-ring (bicyclic) bond motifs is 1. The molecule has 6 nitrogen and oxygen atoms in total. The third kappa shape index (κ3) is 3.41. The molecule has 1 aromatic carbocycles. The van der Waals surface area contributed by atoms with Gasteiger partial charge in [0.05, 0.1) is 18.2 Å². The zero-order chi connectivity index (χ0) is 19.7. The predicted octanol–water partition coefficient (Wildman–Crippen LogP) is 2.87. The third-order valence-electron chi connectivity index (χ3n) is 5.02. The quantitative estimate of drug-likeness (QED) is 0.757. The first-order chi connectivity index (χ1) is 13.5. The van der Waals surface area contributed by atoms with Gasteiger partial charge in [-0.1, -0.05) is 0 Å². The fraction of sp³-hybridized carbons (Fsp3) is 0.286. The Bertz CT molecular complexity index is 982. The van der Waals surface area contributed by atoms with Crippen molar-refractivity contribution < 1.29 is 9.18 Å². The van der Waals surface area contributed by atoms with Crippen LogP contribution in [0.2, 0.25) is 0 Å². The Hall–Kier alpha value is -3.06. The average Bonchev–Trinajstić information content (AvgIpc) is 3.09. The monoisotopic (exact) mass is 379 g/mol. The molecular formula is C21H22FN5O. The van der Waals surface area contributed by atoms with E-state index in [1.807, 2.05) is 16.8 Å². The van der Waals surface area contributed by atoms with Crippen LogP contribution in [-0.2, 0) is 11.3 Å². The maximum absolute atomic E-state index is 13.4. The zero-order valence-corrected chi connectivity index (χ0v) is 15.9. The Morgan fingerprint density at radius 1 is 1.18 bits per heavy atom. The van der Waals surface area contributed by atoms with Crippen molar-refractivity contribution in [3.8, 4) is 22.4 Å². The van der Waals surface area contributed by atoms with E-state index in [-0.39, 0.29) is 17.8 Å². The molecule has 1 N–H and O–H groups in total. The summed E-state index contributed by atoms with van der Waals surface area (Å²) in [5, 5.41) is 8.30. The van der Waals surface area contributed by atoms with Crippen LogP contribution in [0.25, 0.3) is 22.4 Å². The van der Waals surface area contributed by atoms with Crippen LogP contribution in [0.5, 0.6) is 0 Å². The topological polar surface area (TPSA) is 63.1 Å². The predicted molar refractivity (Wildman–Crippen MR) is 105 cm³/mol. The van der Waals surface area contributed by atoms with Gasteiger partial charge in [-0.15, -0.1) is 0 Å². The molecule has 144 valence electrons. The van der Waals surface area contributed by atoms with Crippen molar-refractivity contribution in [3.63, 3.8) is 0 Å². The lowest BCUT2D eigenvalue weighted by Crippen LogP contribution is -2.37. The largest absolute Gasteiger partial charge is 0.349 e. The van der Waals surface area contributed by atoms with Crippen molar-refractivity contribution in [1.29, 1.82) is 0 Å². The molecule has 0 bridgehead atoms. The molecular weight excluding hydrogens is 357 g/mol. The highest BCUT2D eigenvalue weighted by Gasteiger charge is 2.29. The van der Waals surface area contributed by atoms with E-state index in [1.54, 1.807) is 43.5 Å². The summed E-state index contributed by atoms with van der Waals surface area (Å²) in [6, 6.07) is 10.2. The minimum absolute atomic E-state index is 0.0592. The van der Waals surface area contributed by atoms with Crippen molar-refractivity contribution in [2.24, 2.45) is 0 Å². The molecule has 3 heterocycles. The van der Waals surface area contributed by atoms with Crippen LogP contribution in [-0.4, -0.2) is 46.2 Å². The van der Waals surface area contributed by atoms with E-state index in [0.29, 0.717) is 19.5 Å². The standard InChI is InChI=1S/C21H22FN5O/c1-26(2)19(28)11-17-12-24-13-18-20(14-7-9-23-10-8-14)21(25-27(17)18)15-3-5-16(22)6-4-15/h3-10,17,24H,11-13H2,1-2H3. The lowest BCUT2D eigenvalue weighted by molar-refractivity contribution is -0.129. The number of benzene rings is 1. The number of rotatable bonds is 4. The van der Waals surface area contributed by atoms with Crippen LogP contribution in [0.4, 0.5) is 4.39 Å². The molecule has 3 aromatic rings. The summed E-state index contributed by atoms with van der Waals surface area (Å²) < 4.78 is 15.4. The highest BCUT2D eigenvalue weighted by molar-refractivity contribution is 5.83. The van der Waals surface area contributed by atoms with Crippen molar-refractivity contribution >= 4 is 5.91 Å². The summed E-state index contributed by atoms with van der Waals surface area (Å²) in [4.78, 5) is 18.0. The number of pyridine rings is 1. The Balaban J connectivity index is 1.85. The van der Waals surface area contributed by atoms with Gasteiger partial charge in [-0.05, 0) is 42.0 Å². The van der Waals surface area contributed by atoms with Crippen molar-refractivity contribution in [1.82, 2.24) is 25.0 Å². The van der Waals surface area contributed by atoms with Crippen LogP contribution in [0, 0.1) is 5.82 Å². The fourth-order valence-electron chi connectivity index (χ4n) is 3.56. The van der Waals surface area contributed by atoms with Gasteiger partial charge in [-0.2, -0.15) is 5.10 Å². The number of halogens is 1. The average molecular weight is 379 g/mol. The molecule has 1 aliphatic heterocycles. The molecule has 1 atom stereocenters. The molecule has 1 unspecified atom stereocenters. The molecule has 0 fully saturated rings. The molecule has 4 rings (SSSR count). The first kappa shape index (κ1) is 18.3. The summed E-state index contributed by atoms with van der Waals surface area (Å²) in [5.41, 5.74) is 4.63. The molecule has 28 heavy (non-hydrogen) atoms. The molecule has 7 heteroatoms. The fourth-order valence-corrected chi connectivity index (χ4v) is 3.56. The van der Waals surface area contributed by atoms with E-state index < -0.39 is 0 Å². The highest BCUT2D eigenvalue weighted by atomic mass is 19.1. The van der Waals surface area contributed by atoms with E-state index in [2.05, 4.69) is 10.3 Å². The highest BCUT2D eigenvalue weighted by Crippen LogP contribution is 2.37. The van der Waals surface area contributed by atoms with E-state index in [4.69, 9.17) is 5.10 Å². The van der Waals surface area contributed by atoms with Crippen LogP contribution in [0.3, 0.4) is 0 Å². The zero-order valence-electron chi connectivity index (χ0n) is 15.9. The van der Waals surface area contributed by atoms with Gasteiger partial charge in [0, 0.05) is 50.7 Å². The number of aromatic nitrogens is 3. The van der Waals surface area contributed by atoms with Crippen LogP contribution >= 0.6 is 0 Å². The summed E-state index contributed by atoms with van der Waals surface area (Å²) in [6.07, 6.45) is 3.86. The van der Waals surface area contributed by atoms with Gasteiger partial charge in [-0.3, -0.25) is 14.5 Å². The number of carbonyl (C=O) groups is 1. The maximum Gasteiger partial charge on any atom is 0.224 e. The maximum atomic E-state index is 13.4. The van der Waals surface area contributed by atoms with E-state index in [9.17, 15) is 9.18 Å². The summed E-state index contributed by atoms with van der Waals surface area (Å²) >= 11 is 0. The summed E-state index contributed by atoms with van der Waals surface area (Å²) in [6.45, 7) is 1.32. The van der Waals surface area contributed by atoms with E-state index in [1.165, 1.54) is 12.1 Å². The first-order valence-corrected chi connectivity index (χ1v) is 9.23. The Morgan fingerprint density at radius 2 is 1.89 bits per heavy atom. The van der Waals surface area contributed by atoms with Crippen LogP contribution in [0.1, 0.15) is 18.2 Å². The molecule has 1 aliphatic rings. The third-order valence-corrected chi connectivity index (χ3v) is 5.02. The lowest BCUT2D eigenvalue weighted by atomic mass is 9.98. The van der Waals surface area contributed by atoms with Crippen molar-refractivity contribution in [3.05, 3.63) is 60.3 Å². The normalized spacial score (nSPS) is 15.9. The van der Waals surface area contributed by atoms with Gasteiger partial charge >= 0.3 is 0 Å². The molecule has 0 spiro atoms. The van der Waals surface area contributed by atoms with Gasteiger partial charge in [0.2, 0.25) is 5.91 Å². The first-order valence-electron chi connectivity index (χ1n) is 9.23. The van der Waals surface area contributed by atoms with E-state index in [0.717, 1.165) is 28.1 Å². The molecule has 1 amide bonds. The Labute approximate surface area is 163 Å². The number of amides is 1. The smallest absolute Gasteiger partial charge is 0.224 e. The number of carbonyl (C=O) groups excluding carboxylic acids is 1. The van der Waals surface area contributed by atoms with Gasteiger partial charge in [-0.25, -0.2) is 4.39 Å². The SMILES string of the molecule is CN(C)C(=O)CC1CNCc2c(-c3ccncc3)c(-c3ccc(F)cc3)nn21. The van der Waals surface area contributed by atoms with Crippen LogP contribution < -0.4 is 5.32 Å². The molecule has 0 saturated heterocycles. The number of nitrogens with zero attached hydrogens (tertiary/aromatic N) is 4. The van der Waals surface area contributed by atoms with Gasteiger partial charge in [0.1, 0.15) is 11.5 Å². The van der Waals surface area contributed by atoms with E-state index >= 15 is 0 Å². The number of hydrogen-bond donors (Lipinski definition) is 1. The van der Waals surface area contributed by atoms with Gasteiger partial charge in [0.25, 0.3) is 0 Å². The van der Waals surface area contributed by atoms with Crippen molar-refractivity contribution in [2.45, 2.75) is 19.0 Å². The van der Waals surface area contributed by atoms with Crippen LogP contribution in [0.15, 0.2) is 48.8 Å². The minimum Gasteiger partial charge on any atom is -0.349 e. The Kier molecular flexibility index (Phi) is 4.92. The second-order valence-corrected chi connectivity index (χ2v) is 7.13. The van der Waals surface area contributed by atoms with Gasteiger partial charge in [0.15, 0.2) is 0 Å². The number of nitrogens with one attached hydrogen (secondary N) is 1. The summed E-state index contributed by atoms with van der Waals surface area (Å²) in [7, 11) is 3.52. The number of hydrogen-bond acceptors (Lipinski definition) is 4. The molecule has 0 saturated carbocycles. The molecule has 0 aliphatic carbocycles. The second-order valence-electron chi connectivity index (χ2n) is 7.13. The van der Waals surface area contributed by atoms with Gasteiger partial charge < -0.3 is 10.2 Å². The summed E-state index contributed by atoms with van der Waals surface area (Å²) in [5.74, 6) is -0.224. The molecule has 2 aromatic heterocycles. The lowest BCUT2D eigenvalue weighted by Gasteiger charge is -2.26. The minimum atomic E-state index is -0.283. The molecule has 0 radical (unpaired) electrons.